The molecule has 0 saturated heterocycles. The van der Waals surface area contributed by atoms with Gasteiger partial charge in [-0.3, -0.25) is 0 Å². The van der Waals surface area contributed by atoms with E-state index in [1.165, 1.54) is 0 Å². The Morgan fingerprint density at radius 2 is 2.55 bits per heavy atom. The number of pyridine rings is 1. The minimum absolute atomic E-state index is 0.541. The Morgan fingerprint density at radius 3 is 3.18 bits per heavy atom. The summed E-state index contributed by atoms with van der Waals surface area (Å²) >= 11 is 7.37. The summed E-state index contributed by atoms with van der Waals surface area (Å²) in [5, 5.41) is 0.541. The van der Waals surface area contributed by atoms with Gasteiger partial charge in [-0.2, -0.15) is 0 Å². The number of halogens is 1. The van der Waals surface area contributed by atoms with Crippen LogP contribution in [0.5, 0.6) is 0 Å². The molecule has 1 nitrogen and oxygen atoms in total. The summed E-state index contributed by atoms with van der Waals surface area (Å²) in [6.07, 6.45) is 3.56. The van der Waals surface area contributed by atoms with E-state index < -0.39 is 0 Å². The van der Waals surface area contributed by atoms with Gasteiger partial charge in [0.15, 0.2) is 0 Å². The summed E-state index contributed by atoms with van der Waals surface area (Å²) in [5.41, 5.74) is 0. The van der Waals surface area contributed by atoms with E-state index in [-0.39, 0.29) is 0 Å². The molecule has 1 heterocycles. The molecule has 1 aromatic heterocycles. The molecule has 0 fully saturated rings. The molecule has 1 aromatic rings. The molecule has 0 atom stereocenters. The van der Waals surface area contributed by atoms with Crippen LogP contribution in [-0.4, -0.2) is 10.7 Å². The fraction of sp³-hybridized carbons (Fsp3) is 0.125. The van der Waals surface area contributed by atoms with Gasteiger partial charge >= 0.3 is 0 Å². The van der Waals surface area contributed by atoms with E-state index in [9.17, 15) is 0 Å². The molecule has 0 saturated carbocycles. The first-order valence-corrected chi connectivity index (χ1v) is 4.54. The van der Waals surface area contributed by atoms with Crippen molar-refractivity contribution in [2.24, 2.45) is 0 Å². The summed E-state index contributed by atoms with van der Waals surface area (Å²) in [6, 6.07) is 3.77. The first kappa shape index (κ1) is 8.62. The molecule has 0 unspecified atom stereocenters. The Balaban J connectivity index is 2.63. The standard InChI is InChI=1S/C8H8ClNS/c1-2-5-11-7-3-4-10-8(9)6-7/h2-4,6H,1,5H2. The summed E-state index contributed by atoms with van der Waals surface area (Å²) in [5.74, 6) is 0.903. The van der Waals surface area contributed by atoms with Crippen molar-refractivity contribution in [3.05, 3.63) is 36.1 Å². The van der Waals surface area contributed by atoms with Crippen molar-refractivity contribution in [2.45, 2.75) is 4.90 Å². The lowest BCUT2D eigenvalue weighted by atomic mass is 10.5. The summed E-state index contributed by atoms with van der Waals surface area (Å²) < 4.78 is 0. The lowest BCUT2D eigenvalue weighted by Gasteiger charge is -1.96. The van der Waals surface area contributed by atoms with Gasteiger partial charge in [0.2, 0.25) is 0 Å². The van der Waals surface area contributed by atoms with Gasteiger partial charge in [-0.25, -0.2) is 4.98 Å². The Hall–Kier alpha value is -0.470. The molecule has 0 aliphatic carbocycles. The minimum Gasteiger partial charge on any atom is -0.244 e. The number of hydrogen-bond donors (Lipinski definition) is 0. The van der Waals surface area contributed by atoms with E-state index in [1.807, 2.05) is 18.2 Å². The second-order valence-electron chi connectivity index (χ2n) is 1.91. The highest BCUT2D eigenvalue weighted by molar-refractivity contribution is 7.99. The third kappa shape index (κ3) is 2.95. The van der Waals surface area contributed by atoms with Crippen LogP contribution in [-0.2, 0) is 0 Å². The Labute approximate surface area is 75.5 Å². The molecule has 58 valence electrons. The fourth-order valence-corrected chi connectivity index (χ4v) is 1.53. The first-order valence-electron chi connectivity index (χ1n) is 3.18. The second-order valence-corrected chi connectivity index (χ2v) is 3.39. The molecular weight excluding hydrogens is 178 g/mol. The number of thioether (sulfide) groups is 1. The lowest BCUT2D eigenvalue weighted by molar-refractivity contribution is 1.26. The third-order valence-electron chi connectivity index (χ3n) is 1.07. The Kier molecular flexibility index (Phi) is 3.46. The molecule has 3 heteroatoms. The zero-order valence-electron chi connectivity index (χ0n) is 5.96. The van der Waals surface area contributed by atoms with Crippen molar-refractivity contribution in [1.82, 2.24) is 4.98 Å². The predicted octanol–water partition coefficient (Wildman–Crippen LogP) is 3.01. The van der Waals surface area contributed by atoms with E-state index in [0.717, 1.165) is 10.6 Å². The predicted molar refractivity (Wildman–Crippen MR) is 50.2 cm³/mol. The second kappa shape index (κ2) is 4.42. The van der Waals surface area contributed by atoms with E-state index >= 15 is 0 Å². The maximum absolute atomic E-state index is 5.67. The van der Waals surface area contributed by atoms with Crippen molar-refractivity contribution < 1.29 is 0 Å². The van der Waals surface area contributed by atoms with Crippen LogP contribution in [0, 0.1) is 0 Å². The largest absolute Gasteiger partial charge is 0.244 e. The number of nitrogens with zero attached hydrogens (tertiary/aromatic N) is 1. The lowest BCUT2D eigenvalue weighted by Crippen LogP contribution is -1.76. The Bertz CT molecular complexity index is 250. The van der Waals surface area contributed by atoms with Crippen LogP contribution in [0.2, 0.25) is 5.15 Å². The number of aromatic nitrogens is 1. The fourth-order valence-electron chi connectivity index (χ4n) is 0.630. The summed E-state index contributed by atoms with van der Waals surface area (Å²) in [4.78, 5) is 5.00. The van der Waals surface area contributed by atoms with Crippen LogP contribution in [0.4, 0.5) is 0 Å². The van der Waals surface area contributed by atoms with Gasteiger partial charge in [-0.05, 0) is 12.1 Å². The molecule has 1 rings (SSSR count). The van der Waals surface area contributed by atoms with E-state index in [1.54, 1.807) is 18.0 Å². The first-order chi connectivity index (χ1) is 5.33. The average Bonchev–Trinajstić information content (AvgIpc) is 2.01. The van der Waals surface area contributed by atoms with Crippen LogP contribution in [0.3, 0.4) is 0 Å². The van der Waals surface area contributed by atoms with Gasteiger partial charge in [0, 0.05) is 16.8 Å². The summed E-state index contributed by atoms with van der Waals surface area (Å²) in [7, 11) is 0. The SMILES string of the molecule is C=CCSc1ccnc(Cl)c1. The number of rotatable bonds is 3. The summed E-state index contributed by atoms with van der Waals surface area (Å²) in [6.45, 7) is 3.63. The van der Waals surface area contributed by atoms with Gasteiger partial charge in [0.05, 0.1) is 0 Å². The highest BCUT2D eigenvalue weighted by Crippen LogP contribution is 2.19. The van der Waals surface area contributed by atoms with Crippen LogP contribution in [0.25, 0.3) is 0 Å². The van der Waals surface area contributed by atoms with E-state index in [2.05, 4.69) is 11.6 Å². The van der Waals surface area contributed by atoms with Crippen molar-refractivity contribution in [2.75, 3.05) is 5.75 Å². The highest BCUT2D eigenvalue weighted by Gasteiger charge is 1.92. The molecule has 0 spiro atoms. The van der Waals surface area contributed by atoms with Gasteiger partial charge < -0.3 is 0 Å². The minimum atomic E-state index is 0.541. The molecule has 0 aliphatic rings. The van der Waals surface area contributed by atoms with Gasteiger partial charge in [-0.15, -0.1) is 18.3 Å². The van der Waals surface area contributed by atoms with Crippen molar-refractivity contribution >= 4 is 23.4 Å². The molecule has 0 aromatic carbocycles. The smallest absolute Gasteiger partial charge is 0.130 e. The number of hydrogen-bond acceptors (Lipinski definition) is 2. The highest BCUT2D eigenvalue weighted by atomic mass is 35.5. The van der Waals surface area contributed by atoms with Gasteiger partial charge in [0.25, 0.3) is 0 Å². The normalized spacial score (nSPS) is 9.55. The van der Waals surface area contributed by atoms with Crippen molar-refractivity contribution in [3.63, 3.8) is 0 Å². The van der Waals surface area contributed by atoms with Crippen LogP contribution < -0.4 is 0 Å². The van der Waals surface area contributed by atoms with E-state index in [4.69, 9.17) is 11.6 Å². The molecule has 0 amide bonds. The van der Waals surface area contributed by atoms with E-state index in [0.29, 0.717) is 5.15 Å². The van der Waals surface area contributed by atoms with Crippen LogP contribution in [0.1, 0.15) is 0 Å². The molecule has 11 heavy (non-hydrogen) atoms. The zero-order chi connectivity index (χ0) is 8.10. The molecule has 0 bridgehead atoms. The molecule has 0 N–H and O–H groups in total. The Morgan fingerprint density at radius 1 is 1.73 bits per heavy atom. The average molecular weight is 186 g/mol. The molecule has 0 aliphatic heterocycles. The maximum Gasteiger partial charge on any atom is 0.130 e. The molecular formula is C8H8ClNS. The zero-order valence-corrected chi connectivity index (χ0v) is 7.53. The topological polar surface area (TPSA) is 12.9 Å². The van der Waals surface area contributed by atoms with Gasteiger partial charge in [0.1, 0.15) is 5.15 Å². The van der Waals surface area contributed by atoms with Crippen LogP contribution in [0.15, 0.2) is 35.9 Å². The maximum atomic E-state index is 5.67. The third-order valence-corrected chi connectivity index (χ3v) is 2.26. The van der Waals surface area contributed by atoms with Gasteiger partial charge in [-0.1, -0.05) is 17.7 Å². The van der Waals surface area contributed by atoms with Crippen LogP contribution >= 0.6 is 23.4 Å². The molecule has 0 radical (unpaired) electrons. The van der Waals surface area contributed by atoms with Crippen molar-refractivity contribution in [3.8, 4) is 0 Å². The monoisotopic (exact) mass is 185 g/mol. The quantitative estimate of drug-likeness (QED) is 0.408. The van der Waals surface area contributed by atoms with Crippen molar-refractivity contribution in [1.29, 1.82) is 0 Å².